The van der Waals surface area contributed by atoms with Crippen molar-refractivity contribution in [3.63, 3.8) is 0 Å². The molecular weight excluding hydrogens is 303 g/mol. The molecule has 0 bridgehead atoms. The minimum atomic E-state index is 0.370. The fourth-order valence-corrected chi connectivity index (χ4v) is 3.06. The summed E-state index contributed by atoms with van der Waals surface area (Å²) in [4.78, 5) is 9.10. The normalized spacial score (nSPS) is 11.7. The van der Waals surface area contributed by atoms with Gasteiger partial charge in [0.1, 0.15) is 22.1 Å². The van der Waals surface area contributed by atoms with Crippen LogP contribution in [-0.2, 0) is 0 Å². The second kappa shape index (κ2) is 3.96. The lowest BCUT2D eigenvalue weighted by atomic mass is 10.2. The van der Waals surface area contributed by atoms with Crippen LogP contribution in [0.25, 0.3) is 33.1 Å². The number of halogens is 2. The Labute approximate surface area is 121 Å². The van der Waals surface area contributed by atoms with Crippen molar-refractivity contribution in [1.82, 2.24) is 18.7 Å². The van der Waals surface area contributed by atoms with Gasteiger partial charge in [-0.25, -0.2) is 9.97 Å². The molecule has 2 heterocycles. The summed E-state index contributed by atoms with van der Waals surface area (Å²) in [6.07, 6.45) is 0. The molecule has 2 aromatic heterocycles. The highest BCUT2D eigenvalue weighted by atomic mass is 35.5. The van der Waals surface area contributed by atoms with Crippen LogP contribution < -0.4 is 0 Å². The molecule has 92 valence electrons. The van der Waals surface area contributed by atoms with Crippen LogP contribution >= 0.6 is 34.9 Å². The molecule has 0 unspecified atom stereocenters. The number of aromatic nitrogens is 4. The van der Waals surface area contributed by atoms with E-state index >= 15 is 0 Å². The highest BCUT2D eigenvalue weighted by molar-refractivity contribution is 7.00. The molecule has 2 aromatic carbocycles. The van der Waals surface area contributed by atoms with Gasteiger partial charge in [0, 0.05) is 0 Å². The zero-order valence-corrected chi connectivity index (χ0v) is 11.6. The number of hydrogen-bond donors (Lipinski definition) is 0. The van der Waals surface area contributed by atoms with Gasteiger partial charge in [0.2, 0.25) is 0 Å². The first-order chi connectivity index (χ1) is 9.25. The summed E-state index contributed by atoms with van der Waals surface area (Å²) in [5.74, 6) is 0. The van der Waals surface area contributed by atoms with E-state index in [-0.39, 0.29) is 0 Å². The molecule has 4 rings (SSSR count). The molecule has 0 spiro atoms. The van der Waals surface area contributed by atoms with E-state index in [0.29, 0.717) is 32.1 Å². The molecule has 0 aliphatic heterocycles. The second-order valence-corrected chi connectivity index (χ2v) is 5.28. The summed E-state index contributed by atoms with van der Waals surface area (Å²) < 4.78 is 8.40. The highest BCUT2D eigenvalue weighted by Crippen LogP contribution is 2.37. The first kappa shape index (κ1) is 11.3. The van der Waals surface area contributed by atoms with E-state index in [1.807, 2.05) is 24.3 Å². The first-order valence-electron chi connectivity index (χ1n) is 5.41. The maximum atomic E-state index is 6.26. The molecule has 0 radical (unpaired) electrons. The Balaban J connectivity index is 2.34. The number of benzene rings is 2. The van der Waals surface area contributed by atoms with Gasteiger partial charge in [-0.15, -0.1) is 0 Å². The average molecular weight is 307 g/mol. The lowest BCUT2D eigenvalue weighted by molar-refractivity contribution is 1.40. The van der Waals surface area contributed by atoms with Gasteiger partial charge in [-0.05, 0) is 12.1 Å². The van der Waals surface area contributed by atoms with Crippen LogP contribution in [0.3, 0.4) is 0 Å². The lowest BCUT2D eigenvalue weighted by Gasteiger charge is -2.04. The summed E-state index contributed by atoms with van der Waals surface area (Å²) >= 11 is 13.6. The van der Waals surface area contributed by atoms with Crippen molar-refractivity contribution in [2.45, 2.75) is 0 Å². The Kier molecular flexibility index (Phi) is 2.35. The summed E-state index contributed by atoms with van der Waals surface area (Å²) in [6.45, 7) is 0. The van der Waals surface area contributed by atoms with E-state index in [4.69, 9.17) is 23.2 Å². The predicted octanol–water partition coefficient (Wildman–Crippen LogP) is 4.09. The van der Waals surface area contributed by atoms with Crippen molar-refractivity contribution >= 4 is 68.0 Å². The molecule has 0 atom stereocenters. The lowest BCUT2D eigenvalue weighted by Crippen LogP contribution is -1.90. The SMILES string of the molecule is Clc1c(Cl)c2nc3ccccc3nc2c2nsnc12. The maximum Gasteiger partial charge on any atom is 0.134 e. The molecule has 7 heteroatoms. The molecule has 0 amide bonds. The van der Waals surface area contributed by atoms with Crippen LogP contribution in [0, 0.1) is 0 Å². The topological polar surface area (TPSA) is 51.6 Å². The fourth-order valence-electron chi connectivity index (χ4n) is 2.01. The number of fused-ring (bicyclic) bond motifs is 4. The van der Waals surface area contributed by atoms with Crippen molar-refractivity contribution in [3.8, 4) is 0 Å². The van der Waals surface area contributed by atoms with Gasteiger partial charge < -0.3 is 0 Å². The number of hydrogen-bond acceptors (Lipinski definition) is 5. The maximum absolute atomic E-state index is 6.26. The van der Waals surface area contributed by atoms with Gasteiger partial charge in [0.15, 0.2) is 0 Å². The van der Waals surface area contributed by atoms with Crippen LogP contribution in [-0.4, -0.2) is 18.7 Å². The molecule has 0 saturated carbocycles. The molecule has 19 heavy (non-hydrogen) atoms. The van der Waals surface area contributed by atoms with Crippen molar-refractivity contribution in [2.24, 2.45) is 0 Å². The van der Waals surface area contributed by atoms with E-state index < -0.39 is 0 Å². The summed E-state index contributed by atoms with van der Waals surface area (Å²) in [7, 11) is 0. The van der Waals surface area contributed by atoms with Gasteiger partial charge in [-0.2, -0.15) is 8.75 Å². The average Bonchev–Trinajstić information content (AvgIpc) is 2.93. The summed E-state index contributed by atoms with van der Waals surface area (Å²) in [5, 5.41) is 0.748. The Morgan fingerprint density at radius 3 is 2.05 bits per heavy atom. The van der Waals surface area contributed by atoms with E-state index in [1.165, 1.54) is 0 Å². The van der Waals surface area contributed by atoms with Gasteiger partial charge in [-0.1, -0.05) is 35.3 Å². The molecule has 0 saturated heterocycles. The molecule has 0 N–H and O–H groups in total. The number of rotatable bonds is 0. The molecule has 0 aliphatic carbocycles. The van der Waals surface area contributed by atoms with Crippen LogP contribution in [0.4, 0.5) is 0 Å². The summed E-state index contributed by atoms with van der Waals surface area (Å²) in [6, 6.07) is 7.60. The Morgan fingerprint density at radius 2 is 1.32 bits per heavy atom. The number of para-hydroxylation sites is 2. The van der Waals surface area contributed by atoms with E-state index in [0.717, 1.165) is 22.8 Å². The van der Waals surface area contributed by atoms with Crippen LogP contribution in [0.1, 0.15) is 0 Å². The molecule has 0 fully saturated rings. The Morgan fingerprint density at radius 1 is 0.737 bits per heavy atom. The quantitative estimate of drug-likeness (QED) is 0.459. The van der Waals surface area contributed by atoms with E-state index in [9.17, 15) is 0 Å². The van der Waals surface area contributed by atoms with Crippen LogP contribution in [0.2, 0.25) is 10.0 Å². The van der Waals surface area contributed by atoms with Crippen molar-refractivity contribution in [2.75, 3.05) is 0 Å². The highest BCUT2D eigenvalue weighted by Gasteiger charge is 2.17. The Bertz CT molecular complexity index is 951. The van der Waals surface area contributed by atoms with Crippen molar-refractivity contribution < 1.29 is 0 Å². The van der Waals surface area contributed by atoms with Crippen LogP contribution in [0.15, 0.2) is 24.3 Å². The third kappa shape index (κ3) is 1.52. The molecule has 4 aromatic rings. The third-order valence-electron chi connectivity index (χ3n) is 2.89. The van der Waals surface area contributed by atoms with E-state index in [1.54, 1.807) is 0 Å². The monoisotopic (exact) mass is 306 g/mol. The van der Waals surface area contributed by atoms with Gasteiger partial charge in [0.25, 0.3) is 0 Å². The third-order valence-corrected chi connectivity index (χ3v) is 4.25. The predicted molar refractivity (Wildman–Crippen MR) is 78.0 cm³/mol. The standard InChI is InChI=1S/C12H4Cl2N4S/c13-7-8(14)10-12(18-19-17-10)11-9(7)15-5-3-1-2-4-6(5)16-11/h1-4H. The minimum Gasteiger partial charge on any atom is -0.243 e. The van der Waals surface area contributed by atoms with Crippen molar-refractivity contribution in [1.29, 1.82) is 0 Å². The van der Waals surface area contributed by atoms with Gasteiger partial charge >= 0.3 is 0 Å². The van der Waals surface area contributed by atoms with Gasteiger partial charge in [0.05, 0.1) is 32.8 Å². The van der Waals surface area contributed by atoms with Gasteiger partial charge in [-0.3, -0.25) is 0 Å². The molecule has 4 nitrogen and oxygen atoms in total. The van der Waals surface area contributed by atoms with Crippen molar-refractivity contribution in [3.05, 3.63) is 34.3 Å². The van der Waals surface area contributed by atoms with E-state index in [2.05, 4.69) is 18.7 Å². The molecular formula is C12H4Cl2N4S. The van der Waals surface area contributed by atoms with Crippen LogP contribution in [0.5, 0.6) is 0 Å². The second-order valence-electron chi connectivity index (χ2n) is 4.00. The zero-order valence-electron chi connectivity index (χ0n) is 9.26. The zero-order chi connectivity index (χ0) is 13.0. The smallest absolute Gasteiger partial charge is 0.134 e. The minimum absolute atomic E-state index is 0.370. The fraction of sp³-hybridized carbons (Fsp3) is 0. The molecule has 0 aliphatic rings. The Hall–Kier alpha value is -1.56. The largest absolute Gasteiger partial charge is 0.243 e. The summed E-state index contributed by atoms with van der Waals surface area (Å²) in [5.41, 5.74) is 3.99. The first-order valence-corrected chi connectivity index (χ1v) is 6.90. The number of nitrogens with zero attached hydrogens (tertiary/aromatic N) is 4.